The van der Waals surface area contributed by atoms with Gasteiger partial charge in [-0.3, -0.25) is 4.68 Å². The zero-order valence-corrected chi connectivity index (χ0v) is 8.88. The van der Waals surface area contributed by atoms with Crippen LogP contribution in [0, 0.1) is 11.8 Å². The molecular weight excluding hydrogens is 190 g/mol. The largest absolute Gasteiger partial charge is 0.269 e. The molecule has 1 aromatic heterocycles. The number of rotatable bonds is 3. The van der Waals surface area contributed by atoms with Gasteiger partial charge in [0.05, 0.1) is 11.8 Å². The Morgan fingerprint density at radius 3 is 3.07 bits per heavy atom. The van der Waals surface area contributed by atoms with Gasteiger partial charge in [-0.2, -0.15) is 5.10 Å². The van der Waals surface area contributed by atoms with Crippen molar-refractivity contribution in [2.75, 3.05) is 6.54 Å². The second-order valence-electron chi connectivity index (χ2n) is 3.31. The molecule has 0 aliphatic carbocycles. The Kier molecular flexibility index (Phi) is 4.27. The van der Waals surface area contributed by atoms with Crippen molar-refractivity contribution in [3.05, 3.63) is 28.4 Å². The number of hydrogen-bond donors (Lipinski definition) is 0. The minimum Gasteiger partial charge on any atom is -0.269 e. The molecule has 0 atom stereocenters. The molecule has 0 saturated carbocycles. The zero-order valence-electron chi connectivity index (χ0n) is 8.88. The van der Waals surface area contributed by atoms with Crippen LogP contribution in [-0.2, 0) is 0 Å². The van der Waals surface area contributed by atoms with Gasteiger partial charge in [-0.05, 0) is 19.4 Å². The summed E-state index contributed by atoms with van der Waals surface area (Å²) in [6, 6.07) is 0.351. The Bertz CT molecular complexity index is 415. The first-order chi connectivity index (χ1) is 7.24. The van der Waals surface area contributed by atoms with Crippen molar-refractivity contribution in [1.29, 1.82) is 0 Å². The van der Waals surface area contributed by atoms with Gasteiger partial charge >= 0.3 is 0 Å². The average molecular weight is 203 g/mol. The van der Waals surface area contributed by atoms with E-state index in [1.165, 1.54) is 0 Å². The Labute approximate surface area is 88.7 Å². The fourth-order valence-electron chi connectivity index (χ4n) is 1.00. The maximum absolute atomic E-state index is 8.04. The van der Waals surface area contributed by atoms with E-state index in [4.69, 9.17) is 5.53 Å². The normalized spacial score (nSPS) is 9.27. The molecule has 5 heteroatoms. The van der Waals surface area contributed by atoms with E-state index in [0.29, 0.717) is 19.0 Å². The summed E-state index contributed by atoms with van der Waals surface area (Å²) in [5, 5.41) is 7.56. The molecule has 5 nitrogen and oxygen atoms in total. The van der Waals surface area contributed by atoms with Crippen LogP contribution in [0.5, 0.6) is 0 Å². The Balaban J connectivity index is 2.52. The van der Waals surface area contributed by atoms with E-state index < -0.39 is 0 Å². The van der Waals surface area contributed by atoms with Crippen LogP contribution >= 0.6 is 0 Å². The Hall–Kier alpha value is -1.92. The first kappa shape index (κ1) is 11.2. The molecule has 78 valence electrons. The predicted octanol–water partition coefficient (Wildman–Crippen LogP) is 2.52. The Morgan fingerprint density at radius 1 is 1.67 bits per heavy atom. The SMILES string of the molecule is CC(C)n1cc(C#CCCN=[N+]=[N-])cn1. The van der Waals surface area contributed by atoms with Crippen molar-refractivity contribution in [2.45, 2.75) is 26.3 Å². The molecule has 0 fully saturated rings. The minimum atomic E-state index is 0.351. The van der Waals surface area contributed by atoms with Crippen LogP contribution < -0.4 is 0 Å². The van der Waals surface area contributed by atoms with Gasteiger partial charge in [0, 0.05) is 30.1 Å². The van der Waals surface area contributed by atoms with Gasteiger partial charge < -0.3 is 0 Å². The first-order valence-electron chi connectivity index (χ1n) is 4.78. The minimum absolute atomic E-state index is 0.351. The maximum Gasteiger partial charge on any atom is 0.0646 e. The highest BCUT2D eigenvalue weighted by molar-refractivity contribution is 5.29. The van der Waals surface area contributed by atoms with Crippen LogP contribution in [0.3, 0.4) is 0 Å². The third kappa shape index (κ3) is 3.75. The van der Waals surface area contributed by atoms with E-state index in [1.54, 1.807) is 6.20 Å². The molecule has 1 heterocycles. The molecule has 15 heavy (non-hydrogen) atoms. The first-order valence-corrected chi connectivity index (χ1v) is 4.78. The smallest absolute Gasteiger partial charge is 0.0646 e. The fourth-order valence-corrected chi connectivity index (χ4v) is 1.00. The summed E-state index contributed by atoms with van der Waals surface area (Å²) in [4.78, 5) is 2.65. The summed E-state index contributed by atoms with van der Waals surface area (Å²) >= 11 is 0. The second kappa shape index (κ2) is 5.74. The summed E-state index contributed by atoms with van der Waals surface area (Å²) in [5.41, 5.74) is 8.94. The number of azide groups is 1. The van der Waals surface area contributed by atoms with Crippen molar-refractivity contribution in [3.8, 4) is 11.8 Å². The van der Waals surface area contributed by atoms with E-state index in [1.807, 2.05) is 10.9 Å². The highest BCUT2D eigenvalue weighted by atomic mass is 15.3. The summed E-state index contributed by atoms with van der Waals surface area (Å²) in [6.45, 7) is 4.54. The molecule has 0 radical (unpaired) electrons. The fraction of sp³-hybridized carbons (Fsp3) is 0.500. The summed E-state index contributed by atoms with van der Waals surface area (Å²) in [6.07, 6.45) is 4.22. The molecule has 1 rings (SSSR count). The molecule has 0 amide bonds. The molecule has 0 aromatic carbocycles. The standard InChI is InChI=1S/C10H13N5/c1-9(2)15-8-10(7-13-15)5-3-4-6-12-14-11/h7-9H,4,6H2,1-2H3. The van der Waals surface area contributed by atoms with Crippen molar-refractivity contribution < 1.29 is 0 Å². The molecule has 0 saturated heterocycles. The van der Waals surface area contributed by atoms with E-state index in [9.17, 15) is 0 Å². The lowest BCUT2D eigenvalue weighted by Gasteiger charge is -2.02. The number of hydrogen-bond acceptors (Lipinski definition) is 2. The van der Waals surface area contributed by atoms with Crippen LogP contribution in [0.25, 0.3) is 10.4 Å². The monoisotopic (exact) mass is 203 g/mol. The van der Waals surface area contributed by atoms with E-state index in [2.05, 4.69) is 40.8 Å². The van der Waals surface area contributed by atoms with Crippen LogP contribution in [0.2, 0.25) is 0 Å². The van der Waals surface area contributed by atoms with Crippen LogP contribution in [0.1, 0.15) is 31.9 Å². The third-order valence-electron chi connectivity index (χ3n) is 1.76. The van der Waals surface area contributed by atoms with E-state index in [0.717, 1.165) is 5.56 Å². The van der Waals surface area contributed by atoms with Crippen LogP contribution in [0.15, 0.2) is 17.5 Å². The van der Waals surface area contributed by atoms with E-state index in [-0.39, 0.29) is 0 Å². The van der Waals surface area contributed by atoms with Crippen molar-refractivity contribution >= 4 is 0 Å². The van der Waals surface area contributed by atoms with Gasteiger partial charge in [-0.15, -0.1) is 0 Å². The molecule has 0 N–H and O–H groups in total. The molecule has 0 spiro atoms. The topological polar surface area (TPSA) is 66.6 Å². The second-order valence-corrected chi connectivity index (χ2v) is 3.31. The van der Waals surface area contributed by atoms with E-state index >= 15 is 0 Å². The van der Waals surface area contributed by atoms with Gasteiger partial charge in [-0.1, -0.05) is 17.0 Å². The molecule has 0 aliphatic rings. The maximum atomic E-state index is 8.04. The molecule has 1 aromatic rings. The lowest BCUT2D eigenvalue weighted by molar-refractivity contribution is 0.532. The van der Waals surface area contributed by atoms with Crippen molar-refractivity contribution in [1.82, 2.24) is 9.78 Å². The van der Waals surface area contributed by atoms with Crippen molar-refractivity contribution in [3.63, 3.8) is 0 Å². The van der Waals surface area contributed by atoms with Gasteiger partial charge in [0.2, 0.25) is 0 Å². The molecular formula is C10H13N5. The molecule has 0 bridgehead atoms. The quantitative estimate of drug-likeness (QED) is 0.245. The molecule has 0 aliphatic heterocycles. The van der Waals surface area contributed by atoms with Crippen LogP contribution in [0.4, 0.5) is 0 Å². The lowest BCUT2D eigenvalue weighted by Crippen LogP contribution is -1.99. The summed E-state index contributed by atoms with van der Waals surface area (Å²) in [5.74, 6) is 5.88. The predicted molar refractivity (Wildman–Crippen MR) is 58.1 cm³/mol. The Morgan fingerprint density at radius 2 is 2.47 bits per heavy atom. The molecule has 0 unspecified atom stereocenters. The number of nitrogens with zero attached hydrogens (tertiary/aromatic N) is 5. The zero-order chi connectivity index (χ0) is 11.1. The summed E-state index contributed by atoms with van der Waals surface area (Å²) < 4.78 is 1.86. The van der Waals surface area contributed by atoms with Gasteiger partial charge in [0.15, 0.2) is 0 Å². The average Bonchev–Trinajstić information content (AvgIpc) is 2.66. The van der Waals surface area contributed by atoms with Crippen molar-refractivity contribution in [2.24, 2.45) is 5.11 Å². The van der Waals surface area contributed by atoms with Crippen LogP contribution in [-0.4, -0.2) is 16.3 Å². The van der Waals surface area contributed by atoms with Gasteiger partial charge in [0.1, 0.15) is 0 Å². The third-order valence-corrected chi connectivity index (χ3v) is 1.76. The summed E-state index contributed by atoms with van der Waals surface area (Å²) in [7, 11) is 0. The number of aromatic nitrogens is 2. The highest BCUT2D eigenvalue weighted by Gasteiger charge is 1.98. The highest BCUT2D eigenvalue weighted by Crippen LogP contribution is 2.03. The van der Waals surface area contributed by atoms with Gasteiger partial charge in [-0.25, -0.2) is 0 Å². The lowest BCUT2D eigenvalue weighted by atomic mass is 10.3. The van der Waals surface area contributed by atoms with Gasteiger partial charge in [0.25, 0.3) is 0 Å².